The van der Waals surface area contributed by atoms with Crippen molar-refractivity contribution in [3.8, 4) is 5.75 Å². The molecule has 1 aliphatic rings. The van der Waals surface area contributed by atoms with Crippen LogP contribution in [0.3, 0.4) is 0 Å². The van der Waals surface area contributed by atoms with E-state index in [1.165, 1.54) is 78.4 Å². The van der Waals surface area contributed by atoms with Crippen LogP contribution in [0.1, 0.15) is 47.1 Å². The summed E-state index contributed by atoms with van der Waals surface area (Å²) in [6.45, 7) is 9.03. The molecule has 51 heavy (non-hydrogen) atoms. The first-order valence-electron chi connectivity index (χ1n) is 15.0. The summed E-state index contributed by atoms with van der Waals surface area (Å²) in [4.78, 5) is 48.8. The summed E-state index contributed by atoms with van der Waals surface area (Å²) < 4.78 is 86.6. The summed E-state index contributed by atoms with van der Waals surface area (Å²) in [6.07, 6.45) is -2.05. The maximum atomic E-state index is 13.9. The van der Waals surface area contributed by atoms with E-state index in [4.69, 9.17) is 28.3 Å². The van der Waals surface area contributed by atoms with E-state index in [-0.39, 0.29) is 43.1 Å². The molecule has 0 saturated carbocycles. The Morgan fingerprint density at radius 3 is 1.98 bits per heavy atom. The summed E-state index contributed by atoms with van der Waals surface area (Å²) >= 11 is 2.47. The van der Waals surface area contributed by atoms with Crippen LogP contribution in [0.25, 0.3) is 0 Å². The zero-order valence-corrected chi connectivity index (χ0v) is 33.1. The molecular weight excluding hydrogens is 838 g/mol. The number of benzene rings is 2. The van der Waals surface area contributed by atoms with Crippen molar-refractivity contribution in [2.45, 2.75) is 64.8 Å². The molecule has 4 amide bonds. The molecule has 0 unspecified atom stereocenters. The van der Waals surface area contributed by atoms with Crippen molar-refractivity contribution in [3.63, 3.8) is 0 Å². The molecule has 3 rings (SSSR count). The van der Waals surface area contributed by atoms with Crippen LogP contribution in [0.4, 0.5) is 27.6 Å². The summed E-state index contributed by atoms with van der Waals surface area (Å²) in [5.74, 6) is 0.0798. The van der Waals surface area contributed by atoms with Gasteiger partial charge in [0, 0.05) is 0 Å². The Labute approximate surface area is 307 Å². The van der Waals surface area contributed by atoms with E-state index in [9.17, 15) is 36.0 Å². The predicted octanol–water partition coefficient (Wildman–Crippen LogP) is 6.92. The number of methoxy groups -OCH3 is 1. The van der Waals surface area contributed by atoms with Crippen molar-refractivity contribution in [3.05, 3.63) is 60.2 Å². The molecule has 20 heteroatoms. The topological polar surface area (TPSA) is 148 Å². The number of nitrogens with zero attached hydrogens (tertiary/aromatic N) is 5. The summed E-state index contributed by atoms with van der Waals surface area (Å²) in [7, 11) is -1.71. The number of aliphatic imine (C=N–C) groups is 1. The average molecular weight is 878 g/mol. The van der Waals surface area contributed by atoms with Crippen LogP contribution in [0, 0.1) is 7.14 Å². The van der Waals surface area contributed by atoms with Crippen molar-refractivity contribution in [1.82, 2.24) is 19.6 Å². The first-order chi connectivity index (χ1) is 23.3. The molecule has 284 valence electrons. The summed E-state index contributed by atoms with van der Waals surface area (Å²) in [5.41, 5.74) is -7.53. The van der Waals surface area contributed by atoms with Gasteiger partial charge >= 0.3 is 309 Å². The number of hydrogen-bond acceptors (Lipinski definition) is 9. The number of guanidine groups is 1. The van der Waals surface area contributed by atoms with E-state index in [0.29, 0.717) is 5.75 Å². The van der Waals surface area contributed by atoms with Crippen LogP contribution < -0.4 is 4.74 Å². The van der Waals surface area contributed by atoms with Crippen molar-refractivity contribution < 1.29 is 52.7 Å². The molecule has 0 aliphatic carbocycles. The number of amides is 4. The molecule has 2 aromatic rings. The van der Waals surface area contributed by atoms with E-state index in [1.807, 2.05) is 0 Å². The molecule has 0 radical (unpaired) electrons. The van der Waals surface area contributed by atoms with Crippen LogP contribution in [-0.2, 0) is 28.6 Å². The molecule has 1 saturated heterocycles. The van der Waals surface area contributed by atoms with Crippen molar-refractivity contribution in [1.29, 1.82) is 0 Å². The van der Waals surface area contributed by atoms with Gasteiger partial charge in [-0.15, -0.1) is 0 Å². The normalized spacial score (nSPS) is 15.1. The van der Waals surface area contributed by atoms with Gasteiger partial charge in [-0.1, -0.05) is 0 Å². The number of carbonyl (C=O) groups is 3. The Morgan fingerprint density at radius 2 is 1.49 bits per heavy atom. The maximum absolute atomic E-state index is 13.9. The second kappa shape index (κ2) is 16.0. The van der Waals surface area contributed by atoms with E-state index >= 15 is 0 Å². The second-order valence-electron chi connectivity index (χ2n) is 13.1. The fraction of sp³-hybridized carbons (Fsp3) is 0.484. The Kier molecular flexibility index (Phi) is 13.1. The molecule has 1 aliphatic heterocycles. The molecule has 0 N–H and O–H groups in total. The third kappa shape index (κ3) is 11.5. The number of urea groups is 1. The Morgan fingerprint density at radius 1 is 0.941 bits per heavy atom. The van der Waals surface area contributed by atoms with Gasteiger partial charge in [-0.05, 0) is 0 Å². The number of halogens is 5. The van der Waals surface area contributed by atoms with Gasteiger partial charge in [0.25, 0.3) is 0 Å². The number of carbonyl (C=O) groups excluding carboxylic acids is 3. The van der Waals surface area contributed by atoms with Gasteiger partial charge in [0.05, 0.1) is 0 Å². The first kappa shape index (κ1) is 41.9. The molecule has 1 heterocycles. The molecule has 0 bridgehead atoms. The molecule has 0 spiro atoms. The third-order valence-electron chi connectivity index (χ3n) is 6.33. The Bertz CT molecular complexity index is 1740. The van der Waals surface area contributed by atoms with Crippen molar-refractivity contribution in [2.75, 3.05) is 34.5 Å². The molecule has 14 nitrogen and oxygen atoms in total. The zero-order valence-electron chi connectivity index (χ0n) is 29.4. The second-order valence-corrected chi connectivity index (χ2v) is 19.9. The number of hydrogen-bond donors (Lipinski definition) is 0. The van der Waals surface area contributed by atoms with Gasteiger partial charge in [-0.3, -0.25) is 0 Å². The average Bonchev–Trinajstić information content (AvgIpc) is 2.98. The van der Waals surface area contributed by atoms with Gasteiger partial charge < -0.3 is 0 Å². The van der Waals surface area contributed by atoms with Gasteiger partial charge in [0.1, 0.15) is 0 Å². The van der Waals surface area contributed by atoms with Gasteiger partial charge in [-0.25, -0.2) is 0 Å². The number of ether oxygens (including phenoxy) is 3. The van der Waals surface area contributed by atoms with Gasteiger partial charge in [0.15, 0.2) is 0 Å². The van der Waals surface area contributed by atoms with Gasteiger partial charge in [0.2, 0.25) is 0 Å². The van der Waals surface area contributed by atoms with Crippen molar-refractivity contribution >= 4 is 66.1 Å². The predicted molar refractivity (Wildman–Crippen MR) is 190 cm³/mol. The molecule has 2 aromatic carbocycles. The van der Waals surface area contributed by atoms with Crippen LogP contribution in [0.15, 0.2) is 47.5 Å². The van der Waals surface area contributed by atoms with Crippen LogP contribution in [0.5, 0.6) is 5.75 Å². The van der Waals surface area contributed by atoms with Crippen molar-refractivity contribution in [2.24, 2.45) is 4.99 Å². The molecule has 0 atom stereocenters. The fourth-order valence-electron chi connectivity index (χ4n) is 4.24. The van der Waals surface area contributed by atoms with E-state index < -0.39 is 65.8 Å². The van der Waals surface area contributed by atoms with Crippen LogP contribution in [0.2, 0.25) is 5.02 Å². The standard InChI is InChI=1S/C31H40ClF3IN5O9S/c1-29(2,3)48-26(42)37-25(40-18-38(7)27(43)39(8)19-40)41(28(44)49-30(4,5)6)17-20-10-15-23(32)24(16-20)36(50-51(45,46)31(33,34)35)21-11-13-22(47-9)14-12-21/h10-16H,17-19H2,1-9H3. The monoisotopic (exact) mass is 877 g/mol. The fourth-order valence-corrected chi connectivity index (χ4v) is 11.4. The minimum absolute atomic E-state index is 0.0471. The molecule has 0 aromatic heterocycles. The summed E-state index contributed by atoms with van der Waals surface area (Å²) in [6, 6.07) is 9.37. The van der Waals surface area contributed by atoms with Crippen LogP contribution >= 0.6 is 31.8 Å². The minimum atomic E-state index is -6.09. The van der Waals surface area contributed by atoms with Crippen LogP contribution in [-0.4, -0.2) is 103 Å². The molecule has 1 fully saturated rings. The Hall–Kier alpha value is -3.56. The SMILES string of the molecule is COc1ccc(I(OS(=O)(=O)C(F)(F)F)c2cc(CN(C(=O)OC(C)(C)C)C(=NC(=O)OC(C)(C)C)N3CN(C)C(=O)N(C)C3)ccc2Cl)cc1. The quantitative estimate of drug-likeness (QED) is 0.124. The van der Waals surface area contributed by atoms with E-state index in [0.717, 1.165) is 4.90 Å². The van der Waals surface area contributed by atoms with E-state index in [2.05, 4.69) is 4.99 Å². The van der Waals surface area contributed by atoms with E-state index in [1.54, 1.807) is 41.5 Å². The molecular formula is C31H40ClF3IN5O9S. The third-order valence-corrected chi connectivity index (χ3v) is 14.1. The zero-order chi connectivity index (χ0) is 38.7. The summed E-state index contributed by atoms with van der Waals surface area (Å²) in [5, 5.41) is -0.0959. The van der Waals surface area contributed by atoms with Gasteiger partial charge in [-0.2, -0.15) is 0 Å². The first-order valence-corrected chi connectivity index (χ1v) is 19.8. The number of alkyl halides is 3. The number of rotatable bonds is 7. The Balaban J connectivity index is 2.23.